The number of aliphatic hydroxyl groups is 1. The second kappa shape index (κ2) is 8.38. The first-order valence-corrected chi connectivity index (χ1v) is 10.1. The molecule has 2 N–H and O–H groups in total. The molecule has 6 heteroatoms. The predicted octanol–water partition coefficient (Wildman–Crippen LogP) is 2.71. The average Bonchev–Trinajstić information content (AvgIpc) is 2.90. The second-order valence-electron chi connectivity index (χ2n) is 8.37. The van der Waals surface area contributed by atoms with Gasteiger partial charge in [-0.05, 0) is 55.4 Å². The van der Waals surface area contributed by atoms with Crippen LogP contribution < -0.4 is 15.0 Å². The van der Waals surface area contributed by atoms with Gasteiger partial charge in [-0.3, -0.25) is 0 Å². The van der Waals surface area contributed by atoms with Crippen molar-refractivity contribution in [1.29, 1.82) is 0 Å². The van der Waals surface area contributed by atoms with E-state index in [4.69, 9.17) is 9.84 Å². The largest absolute Gasteiger partial charge is 0.494 e. The minimum absolute atomic E-state index is 0.00954. The molecule has 1 aromatic carbocycles. The normalized spacial score (nSPS) is 23.9. The van der Waals surface area contributed by atoms with Crippen molar-refractivity contribution in [2.24, 2.45) is 11.3 Å². The van der Waals surface area contributed by atoms with Gasteiger partial charge in [-0.15, -0.1) is 0 Å². The number of piperidine rings is 1. The Morgan fingerprint density at radius 1 is 1.26 bits per heavy atom. The number of nitrogens with one attached hydrogen (secondary N) is 1. The molecule has 3 fully saturated rings. The Balaban J connectivity index is 1.77. The molecule has 6 nitrogen and oxygen atoms in total. The summed E-state index contributed by atoms with van der Waals surface area (Å²) in [5, 5.41) is 11.9. The summed E-state index contributed by atoms with van der Waals surface area (Å²) in [4.78, 5) is 17.1. The molecule has 3 heterocycles. The fraction of sp³-hybridized carbons (Fsp3) is 0.667. The number of carbonyl (C=O) groups is 1. The van der Waals surface area contributed by atoms with Crippen molar-refractivity contribution in [2.75, 3.05) is 44.3 Å². The van der Waals surface area contributed by atoms with E-state index in [1.54, 1.807) is 0 Å². The SMILES string of the molecule is CCOc1ccc(N2CC3CN(C(=O)NCCCO)CC2C(C)(C)C3)cc1. The maximum Gasteiger partial charge on any atom is 0.317 e. The summed E-state index contributed by atoms with van der Waals surface area (Å²) in [6.07, 6.45) is 1.72. The Morgan fingerprint density at radius 3 is 2.67 bits per heavy atom. The lowest BCUT2D eigenvalue weighted by atomic mass is 9.73. The number of carbonyl (C=O) groups excluding carboxylic acids is 1. The summed E-state index contributed by atoms with van der Waals surface area (Å²) in [5.74, 6) is 1.35. The van der Waals surface area contributed by atoms with Crippen LogP contribution >= 0.6 is 0 Å². The predicted molar refractivity (Wildman–Crippen MR) is 107 cm³/mol. The van der Waals surface area contributed by atoms with Gasteiger partial charge >= 0.3 is 6.03 Å². The fourth-order valence-electron chi connectivity index (χ4n) is 4.57. The molecule has 27 heavy (non-hydrogen) atoms. The first kappa shape index (κ1) is 19.8. The van der Waals surface area contributed by atoms with E-state index >= 15 is 0 Å². The summed E-state index contributed by atoms with van der Waals surface area (Å²) in [6, 6.07) is 8.59. The fourth-order valence-corrected chi connectivity index (χ4v) is 4.57. The molecule has 3 aliphatic rings. The van der Waals surface area contributed by atoms with Gasteiger partial charge in [0.15, 0.2) is 0 Å². The Labute approximate surface area is 162 Å². The van der Waals surface area contributed by atoms with Gasteiger partial charge in [0, 0.05) is 38.5 Å². The zero-order valence-corrected chi connectivity index (χ0v) is 16.8. The number of anilines is 1. The van der Waals surface area contributed by atoms with Gasteiger partial charge in [0.25, 0.3) is 0 Å². The standard InChI is InChI=1S/C21H33N3O3/c1-4-27-18-8-6-17(7-9-18)24-14-16-12-21(2,3)19(24)15-23(13-16)20(26)22-10-5-11-25/h6-9,16,19,25H,4-5,10-15H2,1-3H3,(H,22,26). The maximum absolute atomic E-state index is 12.6. The first-order chi connectivity index (χ1) is 12.9. The number of aliphatic hydroxyl groups excluding tert-OH is 1. The van der Waals surface area contributed by atoms with E-state index in [0.29, 0.717) is 25.5 Å². The first-order valence-electron chi connectivity index (χ1n) is 10.1. The highest BCUT2D eigenvalue weighted by molar-refractivity contribution is 5.74. The topological polar surface area (TPSA) is 65.0 Å². The van der Waals surface area contributed by atoms with Gasteiger partial charge in [-0.25, -0.2) is 4.79 Å². The van der Waals surface area contributed by atoms with Crippen LogP contribution in [0.4, 0.5) is 10.5 Å². The summed E-state index contributed by atoms with van der Waals surface area (Å²) < 4.78 is 5.57. The van der Waals surface area contributed by atoms with Crippen LogP contribution in [0.15, 0.2) is 24.3 Å². The second-order valence-corrected chi connectivity index (χ2v) is 8.37. The zero-order valence-electron chi connectivity index (χ0n) is 16.8. The van der Waals surface area contributed by atoms with E-state index in [-0.39, 0.29) is 24.1 Å². The van der Waals surface area contributed by atoms with Crippen LogP contribution in [0.3, 0.4) is 0 Å². The lowest BCUT2D eigenvalue weighted by molar-refractivity contribution is 0.186. The minimum Gasteiger partial charge on any atom is -0.494 e. The number of fused-ring (bicyclic) bond motifs is 4. The Morgan fingerprint density at radius 2 is 2.00 bits per heavy atom. The smallest absolute Gasteiger partial charge is 0.317 e. The molecule has 2 amide bonds. The van der Waals surface area contributed by atoms with Crippen molar-refractivity contribution in [3.8, 4) is 5.75 Å². The Hall–Kier alpha value is -1.95. The van der Waals surface area contributed by atoms with Gasteiger partial charge in [-0.1, -0.05) is 13.8 Å². The molecular formula is C21H33N3O3. The number of amides is 2. The van der Waals surface area contributed by atoms with E-state index in [1.807, 2.05) is 24.0 Å². The lowest BCUT2D eigenvalue weighted by Gasteiger charge is -2.48. The van der Waals surface area contributed by atoms with Gasteiger partial charge in [0.05, 0.1) is 12.6 Å². The van der Waals surface area contributed by atoms with E-state index in [1.165, 1.54) is 5.69 Å². The number of rotatable bonds is 6. The highest BCUT2D eigenvalue weighted by Gasteiger charge is 2.46. The molecule has 150 valence electrons. The Kier molecular flexibility index (Phi) is 6.15. The van der Waals surface area contributed by atoms with Crippen molar-refractivity contribution < 1.29 is 14.6 Å². The molecule has 4 rings (SSSR count). The maximum atomic E-state index is 12.6. The highest BCUT2D eigenvalue weighted by atomic mass is 16.5. The van der Waals surface area contributed by atoms with Gasteiger partial charge in [0.2, 0.25) is 0 Å². The van der Waals surface area contributed by atoms with Gasteiger partial charge in [-0.2, -0.15) is 0 Å². The number of hydrogen-bond donors (Lipinski definition) is 2. The van der Waals surface area contributed by atoms with Crippen molar-refractivity contribution in [2.45, 2.75) is 39.7 Å². The summed E-state index contributed by atoms with van der Waals surface area (Å²) in [5.41, 5.74) is 1.34. The van der Waals surface area contributed by atoms with Crippen LogP contribution in [0.1, 0.15) is 33.6 Å². The van der Waals surface area contributed by atoms with Crippen LogP contribution in [-0.2, 0) is 0 Å². The molecule has 0 radical (unpaired) electrons. The van der Waals surface area contributed by atoms with Crippen molar-refractivity contribution in [1.82, 2.24) is 10.2 Å². The van der Waals surface area contributed by atoms with Crippen molar-refractivity contribution in [3.05, 3.63) is 24.3 Å². The zero-order chi connectivity index (χ0) is 19.4. The van der Waals surface area contributed by atoms with E-state index in [9.17, 15) is 4.79 Å². The third-order valence-electron chi connectivity index (χ3n) is 5.80. The number of ether oxygens (including phenoxy) is 1. The molecule has 0 aliphatic carbocycles. The van der Waals surface area contributed by atoms with Crippen LogP contribution in [0, 0.1) is 11.3 Å². The molecular weight excluding hydrogens is 342 g/mol. The summed E-state index contributed by atoms with van der Waals surface area (Å²) in [6.45, 7) is 10.4. The summed E-state index contributed by atoms with van der Waals surface area (Å²) >= 11 is 0. The van der Waals surface area contributed by atoms with E-state index in [0.717, 1.165) is 31.8 Å². The number of hydrogen-bond acceptors (Lipinski definition) is 4. The average molecular weight is 376 g/mol. The molecule has 0 spiro atoms. The summed E-state index contributed by atoms with van der Waals surface area (Å²) in [7, 11) is 0. The monoisotopic (exact) mass is 375 g/mol. The van der Waals surface area contributed by atoms with Crippen LogP contribution in [0.2, 0.25) is 0 Å². The molecule has 3 aliphatic heterocycles. The molecule has 2 atom stereocenters. The van der Waals surface area contributed by atoms with Crippen LogP contribution in [0.25, 0.3) is 0 Å². The number of benzene rings is 1. The third-order valence-corrected chi connectivity index (χ3v) is 5.80. The van der Waals surface area contributed by atoms with Gasteiger partial charge < -0.3 is 25.0 Å². The molecule has 2 unspecified atom stereocenters. The quantitative estimate of drug-likeness (QED) is 0.751. The molecule has 2 bridgehead atoms. The third kappa shape index (κ3) is 4.49. The van der Waals surface area contributed by atoms with Crippen LogP contribution in [-0.4, -0.2) is 61.5 Å². The molecule has 1 aromatic rings. The van der Waals surface area contributed by atoms with Crippen LogP contribution in [0.5, 0.6) is 5.75 Å². The Bertz CT molecular complexity index is 632. The highest BCUT2D eigenvalue weighted by Crippen LogP contribution is 2.43. The van der Waals surface area contributed by atoms with Crippen molar-refractivity contribution in [3.63, 3.8) is 0 Å². The molecule has 3 saturated heterocycles. The molecule has 0 aromatic heterocycles. The number of urea groups is 1. The lowest BCUT2D eigenvalue weighted by Crippen LogP contribution is -2.54. The van der Waals surface area contributed by atoms with Gasteiger partial charge in [0.1, 0.15) is 5.75 Å². The van der Waals surface area contributed by atoms with E-state index < -0.39 is 0 Å². The molecule has 0 saturated carbocycles. The number of nitrogens with zero attached hydrogens (tertiary/aromatic N) is 2. The van der Waals surface area contributed by atoms with E-state index in [2.05, 4.69) is 36.2 Å². The minimum atomic E-state index is -0.00954. The van der Waals surface area contributed by atoms with Crippen molar-refractivity contribution >= 4 is 11.7 Å².